The van der Waals surface area contributed by atoms with Crippen molar-refractivity contribution in [1.82, 2.24) is 15.3 Å². The maximum Gasteiger partial charge on any atom is 0.227 e. The summed E-state index contributed by atoms with van der Waals surface area (Å²) in [4.78, 5) is 19.4. The van der Waals surface area contributed by atoms with Gasteiger partial charge >= 0.3 is 0 Å². The van der Waals surface area contributed by atoms with E-state index in [9.17, 15) is 4.79 Å². The number of fused-ring (bicyclic) bond motifs is 1. The van der Waals surface area contributed by atoms with Crippen molar-refractivity contribution in [2.75, 3.05) is 0 Å². The lowest BCUT2D eigenvalue weighted by atomic mass is 9.82. The van der Waals surface area contributed by atoms with Crippen LogP contribution in [0, 0.1) is 0 Å². The minimum Gasteiger partial charge on any atom is -0.348 e. The first-order chi connectivity index (χ1) is 9.34. The molecule has 1 unspecified atom stereocenters. The number of carbonyl (C=O) groups is 1. The van der Waals surface area contributed by atoms with Gasteiger partial charge in [0.15, 0.2) is 0 Å². The Morgan fingerprint density at radius 3 is 3.16 bits per heavy atom. The summed E-state index contributed by atoms with van der Waals surface area (Å²) in [6, 6.07) is 8.26. The lowest BCUT2D eigenvalue weighted by Crippen LogP contribution is -2.31. The number of carbonyl (C=O) groups excluding carboxylic acids is 1. The van der Waals surface area contributed by atoms with E-state index in [2.05, 4.69) is 27.4 Å². The molecule has 0 bridgehead atoms. The number of rotatable bonds is 3. The second-order valence-corrected chi connectivity index (χ2v) is 4.90. The minimum absolute atomic E-state index is 0.0140. The normalized spacial score (nSPS) is 17.8. The maximum atomic E-state index is 12.3. The molecular formula is C15H17N3O. The van der Waals surface area contributed by atoms with Crippen LogP contribution in [0.25, 0.3) is 0 Å². The van der Waals surface area contributed by atoms with Gasteiger partial charge < -0.3 is 10.3 Å². The number of aryl methyl sites for hydroxylation is 1. The molecule has 98 valence electrons. The summed E-state index contributed by atoms with van der Waals surface area (Å²) < 4.78 is 0. The van der Waals surface area contributed by atoms with Crippen LogP contribution < -0.4 is 5.32 Å². The van der Waals surface area contributed by atoms with Gasteiger partial charge in [-0.3, -0.25) is 4.79 Å². The molecule has 1 aromatic heterocycles. The molecule has 0 spiro atoms. The van der Waals surface area contributed by atoms with Crippen LogP contribution in [-0.2, 0) is 17.8 Å². The molecule has 0 saturated carbocycles. The van der Waals surface area contributed by atoms with E-state index >= 15 is 0 Å². The highest BCUT2D eigenvalue weighted by molar-refractivity contribution is 5.84. The average Bonchev–Trinajstić information content (AvgIpc) is 2.97. The van der Waals surface area contributed by atoms with Crippen LogP contribution in [0.2, 0.25) is 0 Å². The van der Waals surface area contributed by atoms with Crippen LogP contribution >= 0.6 is 0 Å². The van der Waals surface area contributed by atoms with Gasteiger partial charge in [-0.15, -0.1) is 0 Å². The topological polar surface area (TPSA) is 57.8 Å². The van der Waals surface area contributed by atoms with Gasteiger partial charge in [0.1, 0.15) is 5.82 Å². The zero-order chi connectivity index (χ0) is 13.1. The number of amides is 1. The first-order valence-electron chi connectivity index (χ1n) is 6.68. The van der Waals surface area contributed by atoms with Crippen LogP contribution in [0.1, 0.15) is 35.7 Å². The van der Waals surface area contributed by atoms with E-state index in [4.69, 9.17) is 0 Å². The Morgan fingerprint density at radius 2 is 2.32 bits per heavy atom. The highest BCUT2D eigenvalue weighted by Gasteiger charge is 2.25. The Labute approximate surface area is 112 Å². The van der Waals surface area contributed by atoms with Gasteiger partial charge in [-0.05, 0) is 30.4 Å². The molecule has 2 N–H and O–H groups in total. The number of nitrogens with zero attached hydrogens (tertiary/aromatic N) is 1. The fraction of sp³-hybridized carbons (Fsp3) is 0.333. The van der Waals surface area contributed by atoms with Crippen LogP contribution in [-0.4, -0.2) is 15.9 Å². The van der Waals surface area contributed by atoms with E-state index in [1.54, 1.807) is 12.4 Å². The number of hydrogen-bond donors (Lipinski definition) is 2. The molecule has 19 heavy (non-hydrogen) atoms. The highest BCUT2D eigenvalue weighted by Crippen LogP contribution is 2.31. The Morgan fingerprint density at radius 1 is 1.42 bits per heavy atom. The van der Waals surface area contributed by atoms with E-state index in [-0.39, 0.29) is 11.8 Å². The molecule has 3 rings (SSSR count). The van der Waals surface area contributed by atoms with Crippen molar-refractivity contribution in [3.8, 4) is 0 Å². The third-order valence-corrected chi connectivity index (χ3v) is 3.67. The number of aromatic nitrogens is 2. The summed E-state index contributed by atoms with van der Waals surface area (Å²) >= 11 is 0. The van der Waals surface area contributed by atoms with Gasteiger partial charge in [0.2, 0.25) is 5.91 Å². The third kappa shape index (κ3) is 2.52. The molecule has 1 aliphatic rings. The van der Waals surface area contributed by atoms with Crippen molar-refractivity contribution in [3.05, 3.63) is 53.6 Å². The van der Waals surface area contributed by atoms with Gasteiger partial charge in [-0.1, -0.05) is 24.3 Å². The number of nitrogens with one attached hydrogen (secondary N) is 2. The minimum atomic E-state index is -0.0140. The molecular weight excluding hydrogens is 238 g/mol. The summed E-state index contributed by atoms with van der Waals surface area (Å²) in [6.45, 7) is 0.463. The summed E-state index contributed by atoms with van der Waals surface area (Å²) in [5.41, 5.74) is 2.50. The molecule has 1 aromatic carbocycles. The van der Waals surface area contributed by atoms with E-state index in [1.165, 1.54) is 11.1 Å². The van der Waals surface area contributed by atoms with Crippen molar-refractivity contribution in [1.29, 1.82) is 0 Å². The number of H-pyrrole nitrogens is 1. The lowest BCUT2D eigenvalue weighted by Gasteiger charge is -2.24. The van der Waals surface area contributed by atoms with E-state index in [1.807, 2.05) is 12.1 Å². The van der Waals surface area contributed by atoms with Crippen molar-refractivity contribution in [2.24, 2.45) is 0 Å². The Bertz CT molecular complexity index is 563. The van der Waals surface area contributed by atoms with E-state index in [0.717, 1.165) is 25.1 Å². The summed E-state index contributed by atoms with van der Waals surface area (Å²) in [5.74, 6) is 0.876. The molecule has 0 aliphatic heterocycles. The van der Waals surface area contributed by atoms with Crippen LogP contribution in [0.3, 0.4) is 0 Å². The molecule has 0 saturated heterocycles. The smallest absolute Gasteiger partial charge is 0.227 e. The second kappa shape index (κ2) is 5.26. The van der Waals surface area contributed by atoms with Crippen LogP contribution in [0.15, 0.2) is 36.7 Å². The zero-order valence-electron chi connectivity index (χ0n) is 10.7. The summed E-state index contributed by atoms with van der Waals surface area (Å²) in [6.07, 6.45) is 6.55. The predicted molar refractivity (Wildman–Crippen MR) is 72.6 cm³/mol. The SMILES string of the molecule is O=C(NCc1ncc[nH]1)C1CCCc2ccccc21. The molecule has 4 nitrogen and oxygen atoms in total. The molecule has 2 aromatic rings. The monoisotopic (exact) mass is 255 g/mol. The molecule has 4 heteroatoms. The Balaban J connectivity index is 1.71. The second-order valence-electron chi connectivity index (χ2n) is 4.90. The number of hydrogen-bond acceptors (Lipinski definition) is 2. The number of benzene rings is 1. The quantitative estimate of drug-likeness (QED) is 0.883. The van der Waals surface area contributed by atoms with Gasteiger partial charge in [0.05, 0.1) is 12.5 Å². The van der Waals surface area contributed by atoms with Gasteiger partial charge in [-0.2, -0.15) is 0 Å². The predicted octanol–water partition coefficient (Wildman–Crippen LogP) is 2.15. The van der Waals surface area contributed by atoms with Crippen molar-refractivity contribution in [2.45, 2.75) is 31.7 Å². The number of imidazole rings is 1. The van der Waals surface area contributed by atoms with Crippen molar-refractivity contribution < 1.29 is 4.79 Å². The molecule has 1 amide bonds. The summed E-state index contributed by atoms with van der Waals surface area (Å²) in [5, 5.41) is 2.96. The van der Waals surface area contributed by atoms with Crippen LogP contribution in [0.4, 0.5) is 0 Å². The molecule has 0 fully saturated rings. The zero-order valence-corrected chi connectivity index (χ0v) is 10.7. The lowest BCUT2D eigenvalue weighted by molar-refractivity contribution is -0.123. The molecule has 1 atom stereocenters. The highest BCUT2D eigenvalue weighted by atomic mass is 16.1. The summed E-state index contributed by atoms with van der Waals surface area (Å²) in [7, 11) is 0. The maximum absolute atomic E-state index is 12.3. The van der Waals surface area contributed by atoms with E-state index in [0.29, 0.717) is 6.54 Å². The van der Waals surface area contributed by atoms with Gasteiger partial charge in [0.25, 0.3) is 0 Å². The fourth-order valence-corrected chi connectivity index (χ4v) is 2.71. The molecule has 1 aliphatic carbocycles. The third-order valence-electron chi connectivity index (χ3n) is 3.67. The standard InChI is InChI=1S/C15H17N3O/c19-15(18-10-14-16-8-9-17-14)13-7-3-5-11-4-1-2-6-12(11)13/h1-2,4,6,8-9,13H,3,5,7,10H2,(H,16,17)(H,18,19). The first-order valence-corrected chi connectivity index (χ1v) is 6.68. The fourth-order valence-electron chi connectivity index (χ4n) is 2.71. The van der Waals surface area contributed by atoms with Crippen molar-refractivity contribution in [3.63, 3.8) is 0 Å². The van der Waals surface area contributed by atoms with Crippen LogP contribution in [0.5, 0.6) is 0 Å². The van der Waals surface area contributed by atoms with Gasteiger partial charge in [-0.25, -0.2) is 4.98 Å². The largest absolute Gasteiger partial charge is 0.348 e. The molecule has 1 heterocycles. The number of aromatic amines is 1. The molecule has 0 radical (unpaired) electrons. The Kier molecular flexibility index (Phi) is 3.31. The van der Waals surface area contributed by atoms with Crippen molar-refractivity contribution >= 4 is 5.91 Å². The Hall–Kier alpha value is -2.10. The average molecular weight is 255 g/mol. The van der Waals surface area contributed by atoms with Gasteiger partial charge in [0, 0.05) is 12.4 Å². The van der Waals surface area contributed by atoms with E-state index < -0.39 is 0 Å². The first kappa shape index (κ1) is 12.0.